The van der Waals surface area contributed by atoms with Crippen LogP contribution in [0.25, 0.3) is 0 Å². The van der Waals surface area contributed by atoms with Crippen molar-refractivity contribution in [1.29, 1.82) is 0 Å². The van der Waals surface area contributed by atoms with Crippen LogP contribution >= 0.6 is 0 Å². The maximum atomic E-state index is 10.8. The van der Waals surface area contributed by atoms with E-state index in [1.165, 1.54) is 12.1 Å². The summed E-state index contributed by atoms with van der Waals surface area (Å²) in [6.07, 6.45) is 0. The van der Waals surface area contributed by atoms with Gasteiger partial charge in [0.2, 0.25) is 10.0 Å². The Kier molecular flexibility index (Phi) is 5.23. The van der Waals surface area contributed by atoms with E-state index in [1.54, 1.807) is 0 Å². The molecule has 6 nitrogen and oxygen atoms in total. The van der Waals surface area contributed by atoms with Crippen molar-refractivity contribution in [2.75, 3.05) is 7.11 Å². The molecular formula is C8H13NO5S. The molecule has 0 spiro atoms. The minimum absolute atomic E-state index is 0.130. The van der Waals surface area contributed by atoms with Gasteiger partial charge in [0.15, 0.2) is 0 Å². The Labute approximate surface area is 87.7 Å². The van der Waals surface area contributed by atoms with Crippen LogP contribution in [-0.2, 0) is 16.6 Å². The van der Waals surface area contributed by atoms with Crippen molar-refractivity contribution in [2.24, 2.45) is 5.14 Å². The van der Waals surface area contributed by atoms with Gasteiger partial charge in [0, 0.05) is 12.7 Å². The number of sulfonamides is 1. The van der Waals surface area contributed by atoms with E-state index in [-0.39, 0.29) is 16.2 Å². The monoisotopic (exact) mass is 235 g/mol. The maximum absolute atomic E-state index is 10.8. The topological polar surface area (TPSA) is 121 Å². The summed E-state index contributed by atoms with van der Waals surface area (Å²) < 4.78 is 21.7. The number of hydrogen-bond donors (Lipinski definition) is 4. The number of phenols is 1. The minimum Gasteiger partial charge on any atom is -0.508 e. The molecule has 0 bridgehead atoms. The van der Waals surface area contributed by atoms with Crippen LogP contribution in [0.4, 0.5) is 0 Å². The van der Waals surface area contributed by atoms with Gasteiger partial charge >= 0.3 is 0 Å². The summed E-state index contributed by atoms with van der Waals surface area (Å²) in [4.78, 5) is -0.130. The molecule has 1 aromatic carbocycles. The molecule has 15 heavy (non-hydrogen) atoms. The largest absolute Gasteiger partial charge is 0.508 e. The number of hydrogen-bond acceptors (Lipinski definition) is 5. The van der Waals surface area contributed by atoms with Gasteiger partial charge in [-0.25, -0.2) is 13.6 Å². The maximum Gasteiger partial charge on any atom is 0.238 e. The van der Waals surface area contributed by atoms with Crippen molar-refractivity contribution < 1.29 is 23.7 Å². The predicted molar refractivity (Wildman–Crippen MR) is 53.5 cm³/mol. The third-order valence-corrected chi connectivity index (χ3v) is 2.46. The molecule has 1 rings (SSSR count). The Morgan fingerprint density at radius 3 is 2.27 bits per heavy atom. The van der Waals surface area contributed by atoms with Crippen molar-refractivity contribution >= 4 is 10.0 Å². The fourth-order valence-electron chi connectivity index (χ4n) is 0.865. The van der Waals surface area contributed by atoms with Gasteiger partial charge in [0.1, 0.15) is 5.75 Å². The van der Waals surface area contributed by atoms with Crippen molar-refractivity contribution in [3.63, 3.8) is 0 Å². The summed E-state index contributed by atoms with van der Waals surface area (Å²) >= 11 is 0. The fourth-order valence-corrected chi connectivity index (χ4v) is 1.43. The molecule has 0 aliphatic rings. The number of aliphatic hydroxyl groups is 2. The zero-order valence-electron chi connectivity index (χ0n) is 8.08. The van der Waals surface area contributed by atoms with Crippen molar-refractivity contribution in [3.8, 4) is 5.75 Å². The van der Waals surface area contributed by atoms with E-state index in [0.29, 0.717) is 0 Å². The van der Waals surface area contributed by atoms with E-state index in [1.807, 2.05) is 0 Å². The molecule has 0 amide bonds. The second-order valence-corrected chi connectivity index (χ2v) is 4.06. The third-order valence-electron chi connectivity index (χ3n) is 1.55. The van der Waals surface area contributed by atoms with E-state index in [2.05, 4.69) is 0 Å². The second-order valence-electron chi connectivity index (χ2n) is 2.49. The van der Waals surface area contributed by atoms with E-state index in [4.69, 9.17) is 20.5 Å². The number of primary sulfonamides is 1. The number of aromatic hydroxyl groups is 1. The van der Waals surface area contributed by atoms with Crippen LogP contribution in [-0.4, -0.2) is 30.8 Å². The smallest absolute Gasteiger partial charge is 0.238 e. The highest BCUT2D eigenvalue weighted by atomic mass is 32.2. The molecular weight excluding hydrogens is 222 g/mol. The number of rotatable bonds is 2. The summed E-state index contributed by atoms with van der Waals surface area (Å²) in [6.45, 7) is -0.435. The molecule has 0 aromatic heterocycles. The van der Waals surface area contributed by atoms with Crippen LogP contribution in [0.5, 0.6) is 5.75 Å². The van der Waals surface area contributed by atoms with Gasteiger partial charge in [-0.2, -0.15) is 0 Å². The minimum atomic E-state index is -3.77. The highest BCUT2D eigenvalue weighted by molar-refractivity contribution is 7.89. The molecule has 0 aliphatic carbocycles. The summed E-state index contributed by atoms with van der Waals surface area (Å²) in [6, 6.07) is 3.47. The van der Waals surface area contributed by atoms with Crippen LogP contribution in [0, 0.1) is 0 Å². The standard InChI is InChI=1S/C7H9NO4S.CH4O/c8-13(11,12)6-1-2-7(10)5(3-6)4-9;1-2/h1-3,9-10H,4H2,(H2,8,11,12);2H,1H3. The molecule has 7 heteroatoms. The van der Waals surface area contributed by atoms with Gasteiger partial charge in [-0.05, 0) is 18.2 Å². The van der Waals surface area contributed by atoms with Crippen LogP contribution in [0.1, 0.15) is 5.56 Å². The lowest BCUT2D eigenvalue weighted by Gasteiger charge is -2.03. The Hall–Kier alpha value is -1.15. The molecule has 5 N–H and O–H groups in total. The van der Waals surface area contributed by atoms with Gasteiger partial charge in [0.25, 0.3) is 0 Å². The second kappa shape index (κ2) is 5.66. The van der Waals surface area contributed by atoms with E-state index in [9.17, 15) is 8.42 Å². The average Bonchev–Trinajstić information content (AvgIpc) is 2.20. The van der Waals surface area contributed by atoms with E-state index in [0.717, 1.165) is 13.2 Å². The SMILES string of the molecule is CO.NS(=O)(=O)c1ccc(O)c(CO)c1. The normalized spacial score (nSPS) is 10.4. The Bertz CT molecular complexity index is 415. The Balaban J connectivity index is 0.000000921. The first-order valence-electron chi connectivity index (χ1n) is 3.85. The number of nitrogens with two attached hydrogens (primary N) is 1. The Morgan fingerprint density at radius 2 is 1.87 bits per heavy atom. The van der Waals surface area contributed by atoms with E-state index < -0.39 is 16.6 Å². The molecule has 0 saturated heterocycles. The van der Waals surface area contributed by atoms with Gasteiger partial charge < -0.3 is 15.3 Å². The third kappa shape index (κ3) is 3.84. The molecule has 0 radical (unpaired) electrons. The van der Waals surface area contributed by atoms with Gasteiger partial charge in [0.05, 0.1) is 11.5 Å². The van der Waals surface area contributed by atoms with Crippen LogP contribution in [0.15, 0.2) is 23.1 Å². The first kappa shape index (κ1) is 13.8. The lowest BCUT2D eigenvalue weighted by atomic mass is 10.2. The highest BCUT2D eigenvalue weighted by Gasteiger charge is 2.10. The van der Waals surface area contributed by atoms with E-state index >= 15 is 0 Å². The fraction of sp³-hybridized carbons (Fsp3) is 0.250. The zero-order chi connectivity index (χ0) is 12.1. The summed E-state index contributed by atoms with van der Waals surface area (Å²) in [5, 5.41) is 29.7. The molecule has 0 aliphatic heterocycles. The van der Waals surface area contributed by atoms with Crippen LogP contribution in [0.3, 0.4) is 0 Å². The lowest BCUT2D eigenvalue weighted by molar-refractivity contribution is 0.275. The van der Waals surface area contributed by atoms with Crippen molar-refractivity contribution in [1.82, 2.24) is 0 Å². The first-order chi connectivity index (χ1) is 6.95. The molecule has 0 atom stereocenters. The van der Waals surface area contributed by atoms with Crippen molar-refractivity contribution in [2.45, 2.75) is 11.5 Å². The van der Waals surface area contributed by atoms with Gasteiger partial charge in [-0.3, -0.25) is 0 Å². The van der Waals surface area contributed by atoms with Gasteiger partial charge in [-0.1, -0.05) is 0 Å². The number of aliphatic hydroxyl groups excluding tert-OH is 2. The quantitative estimate of drug-likeness (QED) is 0.531. The molecule has 1 aromatic rings. The predicted octanol–water partition coefficient (Wildman–Crippen LogP) is -0.860. The number of benzene rings is 1. The molecule has 0 unspecified atom stereocenters. The lowest BCUT2D eigenvalue weighted by Crippen LogP contribution is -2.12. The summed E-state index contributed by atoms with van der Waals surface area (Å²) in [5.41, 5.74) is 0.131. The highest BCUT2D eigenvalue weighted by Crippen LogP contribution is 2.20. The molecule has 0 heterocycles. The molecule has 0 fully saturated rings. The first-order valence-corrected chi connectivity index (χ1v) is 5.40. The molecule has 86 valence electrons. The van der Waals surface area contributed by atoms with Crippen LogP contribution < -0.4 is 5.14 Å². The Morgan fingerprint density at radius 1 is 1.33 bits per heavy atom. The van der Waals surface area contributed by atoms with Crippen LogP contribution in [0.2, 0.25) is 0 Å². The summed E-state index contributed by atoms with van der Waals surface area (Å²) in [7, 11) is -2.77. The molecule has 0 saturated carbocycles. The zero-order valence-corrected chi connectivity index (χ0v) is 8.90. The van der Waals surface area contributed by atoms with Gasteiger partial charge in [-0.15, -0.1) is 0 Å². The average molecular weight is 235 g/mol. The summed E-state index contributed by atoms with van der Waals surface area (Å²) in [5.74, 6) is -0.157. The van der Waals surface area contributed by atoms with Crippen molar-refractivity contribution in [3.05, 3.63) is 23.8 Å².